The summed E-state index contributed by atoms with van der Waals surface area (Å²) in [4.78, 5) is 40.1. The molecule has 1 amide bonds. The van der Waals surface area contributed by atoms with Crippen LogP contribution < -0.4 is 19.9 Å². The number of carbonyl (C=O) groups excluding carboxylic acids is 1. The second-order valence-corrected chi connectivity index (χ2v) is 8.81. The number of fused-ring (bicyclic) bond motifs is 4. The lowest BCUT2D eigenvalue weighted by molar-refractivity contribution is 0.0835. The number of amides is 1. The van der Waals surface area contributed by atoms with Gasteiger partial charge in [-0.15, -0.1) is 0 Å². The predicted octanol–water partition coefficient (Wildman–Crippen LogP) is 3.32. The number of aromatic amines is 1. The molecule has 0 bridgehead atoms. The number of rotatable bonds is 4. The van der Waals surface area contributed by atoms with E-state index in [1.807, 2.05) is 10.5 Å². The third-order valence-electron chi connectivity index (χ3n) is 6.94. The van der Waals surface area contributed by atoms with Crippen molar-refractivity contribution < 1.29 is 19.0 Å². The number of anilines is 1. The smallest absolute Gasteiger partial charge is 0.274 e. The number of benzene rings is 1. The Bertz CT molecular complexity index is 1520. The van der Waals surface area contributed by atoms with E-state index in [-0.39, 0.29) is 24.8 Å². The van der Waals surface area contributed by atoms with Crippen LogP contribution in [0.1, 0.15) is 47.9 Å². The Morgan fingerprint density at radius 1 is 1.08 bits per heavy atom. The molecule has 1 fully saturated rings. The Balaban J connectivity index is 0.00000267. The Hall–Kier alpha value is -3.92. The number of carbonyl (C=O) groups is 1. The van der Waals surface area contributed by atoms with E-state index in [9.17, 15) is 9.59 Å². The van der Waals surface area contributed by atoms with E-state index in [0.717, 1.165) is 35.4 Å². The van der Waals surface area contributed by atoms with Gasteiger partial charge in [-0.05, 0) is 30.9 Å². The molecule has 0 radical (unpaired) electrons. The van der Waals surface area contributed by atoms with Crippen LogP contribution in [0.2, 0.25) is 0 Å². The average molecular weight is 492 g/mol. The van der Waals surface area contributed by atoms with Gasteiger partial charge < -0.3 is 24.1 Å². The van der Waals surface area contributed by atoms with Crippen molar-refractivity contribution in [1.29, 1.82) is 0 Å². The third-order valence-corrected chi connectivity index (χ3v) is 6.94. The topological polar surface area (TPSA) is 111 Å². The highest BCUT2D eigenvalue weighted by Crippen LogP contribution is 2.34. The number of ether oxygens (including phenoxy) is 3. The molecule has 0 spiro atoms. The molecule has 0 unspecified atom stereocenters. The van der Waals surface area contributed by atoms with E-state index in [4.69, 9.17) is 14.2 Å². The molecular formula is C26H29N5O5. The van der Waals surface area contributed by atoms with Crippen LogP contribution in [0.5, 0.6) is 11.6 Å². The van der Waals surface area contributed by atoms with Gasteiger partial charge in [-0.2, -0.15) is 0 Å². The van der Waals surface area contributed by atoms with Crippen molar-refractivity contribution in [3.8, 4) is 11.6 Å². The van der Waals surface area contributed by atoms with Crippen molar-refractivity contribution in [3.63, 3.8) is 0 Å². The molecule has 3 aromatic heterocycles. The second kappa shape index (κ2) is 9.27. The quantitative estimate of drug-likeness (QED) is 0.466. The molecule has 0 atom stereocenters. The summed E-state index contributed by atoms with van der Waals surface area (Å²) >= 11 is 0. The van der Waals surface area contributed by atoms with Crippen molar-refractivity contribution in [1.82, 2.24) is 19.4 Å². The lowest BCUT2D eigenvalue weighted by Gasteiger charge is -2.22. The van der Waals surface area contributed by atoms with E-state index in [1.165, 1.54) is 0 Å². The van der Waals surface area contributed by atoms with Gasteiger partial charge in [-0.25, -0.2) is 9.97 Å². The van der Waals surface area contributed by atoms with Gasteiger partial charge in [0, 0.05) is 37.8 Å². The Morgan fingerprint density at radius 3 is 2.64 bits per heavy atom. The number of pyridine rings is 1. The minimum atomic E-state index is -0.255. The van der Waals surface area contributed by atoms with E-state index in [0.29, 0.717) is 54.4 Å². The Kier molecular flexibility index (Phi) is 6.13. The molecule has 188 valence electrons. The lowest BCUT2D eigenvalue weighted by Crippen LogP contribution is -2.29. The summed E-state index contributed by atoms with van der Waals surface area (Å²) in [5.74, 6) is 1.75. The van der Waals surface area contributed by atoms with E-state index >= 15 is 0 Å². The van der Waals surface area contributed by atoms with Crippen LogP contribution in [0.3, 0.4) is 0 Å². The SMILES string of the molecule is C.COc1cc2c(cn1)N(C(=O)c1cc3[nH]c(=O)c4cnc(C5CCOCC5)n4c3cc1OC)CC2. The number of imidazole rings is 1. The van der Waals surface area contributed by atoms with Gasteiger partial charge in [-0.1, -0.05) is 7.43 Å². The summed E-state index contributed by atoms with van der Waals surface area (Å²) in [7, 11) is 3.11. The van der Waals surface area contributed by atoms with E-state index < -0.39 is 0 Å². The zero-order valence-corrected chi connectivity index (χ0v) is 19.5. The van der Waals surface area contributed by atoms with Gasteiger partial charge in [0.1, 0.15) is 17.1 Å². The van der Waals surface area contributed by atoms with E-state index in [1.54, 1.807) is 43.6 Å². The molecule has 36 heavy (non-hydrogen) atoms. The monoisotopic (exact) mass is 491 g/mol. The zero-order chi connectivity index (χ0) is 24.1. The molecular weight excluding hydrogens is 462 g/mol. The van der Waals surface area contributed by atoms with Crippen molar-refractivity contribution in [2.75, 3.05) is 38.9 Å². The molecule has 2 aliphatic rings. The highest BCUT2D eigenvalue weighted by molar-refractivity contribution is 6.10. The third kappa shape index (κ3) is 3.69. The number of nitrogens with zero attached hydrogens (tertiary/aromatic N) is 4. The molecule has 0 aliphatic carbocycles. The van der Waals surface area contributed by atoms with Crippen molar-refractivity contribution >= 4 is 28.1 Å². The average Bonchev–Trinajstić information content (AvgIpc) is 3.53. The van der Waals surface area contributed by atoms with Gasteiger partial charge in [0.2, 0.25) is 5.88 Å². The van der Waals surface area contributed by atoms with Crippen molar-refractivity contribution in [3.05, 3.63) is 57.9 Å². The predicted molar refractivity (Wildman–Crippen MR) is 136 cm³/mol. The second-order valence-electron chi connectivity index (χ2n) is 8.81. The first kappa shape index (κ1) is 23.8. The van der Waals surface area contributed by atoms with Crippen LogP contribution >= 0.6 is 0 Å². The molecule has 6 rings (SSSR count). The number of nitrogens with one attached hydrogen (secondary N) is 1. The van der Waals surface area contributed by atoms with Gasteiger partial charge >= 0.3 is 0 Å². The molecule has 0 saturated carbocycles. The van der Waals surface area contributed by atoms with Gasteiger partial charge in [0.15, 0.2) is 0 Å². The summed E-state index contributed by atoms with van der Waals surface area (Å²) in [6.45, 7) is 1.86. The number of H-pyrrole nitrogens is 1. The van der Waals surface area contributed by atoms with E-state index in [2.05, 4.69) is 15.0 Å². The summed E-state index contributed by atoms with van der Waals surface area (Å²) in [6, 6.07) is 5.35. The maximum atomic E-state index is 13.7. The normalized spacial score (nSPS) is 15.7. The summed E-state index contributed by atoms with van der Waals surface area (Å²) in [5, 5.41) is 0. The van der Waals surface area contributed by atoms with Crippen LogP contribution in [-0.4, -0.2) is 59.2 Å². The van der Waals surface area contributed by atoms with Crippen molar-refractivity contribution in [2.24, 2.45) is 0 Å². The standard InChI is InChI=1S/C25H25N5O5.CH4/c1-33-21-11-18-17(28-24(31)20-13-27-23(30(18)20)14-4-7-35-8-5-14)10-16(21)25(32)29-6-3-15-9-22(34-2)26-12-19(15)29;/h9-14H,3-8H2,1-2H3,(H,28,31);1H4. The van der Waals surface area contributed by atoms with Crippen LogP contribution in [0.25, 0.3) is 16.6 Å². The first-order valence-electron chi connectivity index (χ1n) is 11.6. The van der Waals surface area contributed by atoms with Gasteiger partial charge in [0.25, 0.3) is 11.5 Å². The first-order chi connectivity index (χ1) is 17.1. The van der Waals surface area contributed by atoms with Crippen LogP contribution in [0.4, 0.5) is 5.69 Å². The maximum absolute atomic E-state index is 13.7. The summed E-state index contributed by atoms with van der Waals surface area (Å²) < 4.78 is 18.3. The van der Waals surface area contributed by atoms with Crippen LogP contribution in [-0.2, 0) is 11.2 Å². The molecule has 5 heterocycles. The Labute approximate surface area is 207 Å². The fourth-order valence-corrected chi connectivity index (χ4v) is 5.13. The molecule has 1 N–H and O–H groups in total. The van der Waals surface area contributed by atoms with Crippen molar-refractivity contribution in [2.45, 2.75) is 32.6 Å². The fraction of sp³-hybridized carbons (Fsp3) is 0.385. The molecule has 1 saturated heterocycles. The highest BCUT2D eigenvalue weighted by Gasteiger charge is 2.29. The minimum Gasteiger partial charge on any atom is -0.496 e. The number of methoxy groups -OCH3 is 2. The lowest BCUT2D eigenvalue weighted by atomic mass is 9.99. The zero-order valence-electron chi connectivity index (χ0n) is 19.5. The van der Waals surface area contributed by atoms with Crippen LogP contribution in [0.15, 0.2) is 35.4 Å². The van der Waals surface area contributed by atoms with Gasteiger partial charge in [-0.3, -0.25) is 14.0 Å². The minimum absolute atomic E-state index is 0. The number of hydrogen-bond donors (Lipinski definition) is 1. The largest absolute Gasteiger partial charge is 0.496 e. The molecule has 1 aromatic carbocycles. The Morgan fingerprint density at radius 2 is 1.89 bits per heavy atom. The molecule has 10 heteroatoms. The first-order valence-corrected chi connectivity index (χ1v) is 11.6. The highest BCUT2D eigenvalue weighted by atomic mass is 16.5. The molecule has 4 aromatic rings. The fourth-order valence-electron chi connectivity index (χ4n) is 5.13. The van der Waals surface area contributed by atoms with Crippen LogP contribution in [0, 0.1) is 0 Å². The number of aromatic nitrogens is 4. The van der Waals surface area contributed by atoms with Gasteiger partial charge in [0.05, 0.1) is 48.9 Å². The number of hydrogen-bond acceptors (Lipinski definition) is 7. The molecule has 10 nitrogen and oxygen atoms in total. The maximum Gasteiger partial charge on any atom is 0.274 e. The summed E-state index contributed by atoms with van der Waals surface area (Å²) in [5.41, 5.74) is 3.61. The molecule has 2 aliphatic heterocycles. The summed E-state index contributed by atoms with van der Waals surface area (Å²) in [6.07, 6.45) is 5.65.